The van der Waals surface area contributed by atoms with E-state index in [1.807, 2.05) is 48.5 Å². The van der Waals surface area contributed by atoms with Crippen LogP contribution in [0.4, 0.5) is 0 Å². The molecule has 0 N–H and O–H groups in total. The molecule has 2 aromatic carbocycles. The standard InChI is InChI=1S/C18H20BrNO2/c1-3-14-6-10-17(11-7-14)22-13-18(21)20(2)12-15-4-8-16(19)9-5-15/h4-11H,3,12-13H2,1-2H3. The largest absolute Gasteiger partial charge is 0.484 e. The van der Waals surface area contributed by atoms with E-state index in [-0.39, 0.29) is 12.5 Å². The van der Waals surface area contributed by atoms with E-state index in [1.165, 1.54) is 5.56 Å². The molecule has 0 fully saturated rings. The molecule has 0 saturated heterocycles. The maximum absolute atomic E-state index is 12.1. The van der Waals surface area contributed by atoms with Crippen molar-refractivity contribution in [2.75, 3.05) is 13.7 Å². The Morgan fingerprint density at radius 2 is 1.64 bits per heavy atom. The van der Waals surface area contributed by atoms with Gasteiger partial charge in [0, 0.05) is 18.1 Å². The Balaban J connectivity index is 1.84. The molecule has 0 aliphatic heterocycles. The number of ether oxygens (including phenoxy) is 1. The highest BCUT2D eigenvalue weighted by Crippen LogP contribution is 2.14. The number of carbonyl (C=O) groups is 1. The first-order valence-corrected chi connectivity index (χ1v) is 8.08. The third-order valence-electron chi connectivity index (χ3n) is 3.45. The summed E-state index contributed by atoms with van der Waals surface area (Å²) in [5.74, 6) is 0.685. The van der Waals surface area contributed by atoms with Crippen molar-refractivity contribution in [3.8, 4) is 5.75 Å². The summed E-state index contributed by atoms with van der Waals surface area (Å²) in [5, 5.41) is 0. The molecule has 0 heterocycles. The summed E-state index contributed by atoms with van der Waals surface area (Å²) in [7, 11) is 1.79. The Kier molecular flexibility index (Phi) is 6.01. The Morgan fingerprint density at radius 1 is 1.05 bits per heavy atom. The first kappa shape index (κ1) is 16.6. The van der Waals surface area contributed by atoms with Gasteiger partial charge in [0.05, 0.1) is 0 Å². The predicted octanol–water partition coefficient (Wildman–Crippen LogP) is 4.05. The number of hydrogen-bond acceptors (Lipinski definition) is 2. The van der Waals surface area contributed by atoms with Crippen molar-refractivity contribution in [1.29, 1.82) is 0 Å². The second-order valence-corrected chi connectivity index (χ2v) is 6.08. The lowest BCUT2D eigenvalue weighted by molar-refractivity contribution is -0.132. The van der Waals surface area contributed by atoms with Crippen LogP contribution in [0.25, 0.3) is 0 Å². The molecule has 4 heteroatoms. The van der Waals surface area contributed by atoms with Crippen LogP contribution in [0.5, 0.6) is 5.75 Å². The molecule has 2 aromatic rings. The second kappa shape index (κ2) is 7.99. The van der Waals surface area contributed by atoms with E-state index in [4.69, 9.17) is 4.74 Å². The summed E-state index contributed by atoms with van der Waals surface area (Å²) >= 11 is 3.40. The molecule has 1 amide bonds. The van der Waals surface area contributed by atoms with Crippen LogP contribution in [-0.2, 0) is 17.8 Å². The number of halogens is 1. The lowest BCUT2D eigenvalue weighted by atomic mass is 10.2. The molecule has 2 rings (SSSR count). The van der Waals surface area contributed by atoms with Crippen molar-refractivity contribution in [3.63, 3.8) is 0 Å². The van der Waals surface area contributed by atoms with Crippen molar-refractivity contribution in [2.24, 2.45) is 0 Å². The van der Waals surface area contributed by atoms with Crippen molar-refractivity contribution < 1.29 is 9.53 Å². The van der Waals surface area contributed by atoms with Crippen LogP contribution >= 0.6 is 15.9 Å². The van der Waals surface area contributed by atoms with Gasteiger partial charge in [-0.2, -0.15) is 0 Å². The smallest absolute Gasteiger partial charge is 0.260 e. The summed E-state index contributed by atoms with van der Waals surface area (Å²) < 4.78 is 6.58. The Bertz CT molecular complexity index is 608. The van der Waals surface area contributed by atoms with E-state index in [9.17, 15) is 4.79 Å². The predicted molar refractivity (Wildman–Crippen MR) is 91.9 cm³/mol. The van der Waals surface area contributed by atoms with Crippen LogP contribution < -0.4 is 4.74 Å². The number of carbonyl (C=O) groups excluding carboxylic acids is 1. The number of amides is 1. The van der Waals surface area contributed by atoms with E-state index in [1.54, 1.807) is 11.9 Å². The molecule has 0 unspecified atom stereocenters. The van der Waals surface area contributed by atoms with Crippen molar-refractivity contribution in [1.82, 2.24) is 4.90 Å². The van der Waals surface area contributed by atoms with Crippen LogP contribution in [0.2, 0.25) is 0 Å². The number of rotatable bonds is 6. The highest BCUT2D eigenvalue weighted by atomic mass is 79.9. The number of hydrogen-bond donors (Lipinski definition) is 0. The van der Waals surface area contributed by atoms with Gasteiger partial charge in [0.1, 0.15) is 5.75 Å². The summed E-state index contributed by atoms with van der Waals surface area (Å²) in [4.78, 5) is 13.8. The lowest BCUT2D eigenvalue weighted by Crippen LogP contribution is -2.30. The van der Waals surface area contributed by atoms with Crippen LogP contribution in [0.1, 0.15) is 18.1 Å². The van der Waals surface area contributed by atoms with E-state index in [2.05, 4.69) is 22.9 Å². The highest BCUT2D eigenvalue weighted by molar-refractivity contribution is 9.10. The molecule has 0 atom stereocenters. The molecule has 0 aliphatic rings. The number of aryl methyl sites for hydroxylation is 1. The summed E-state index contributed by atoms with van der Waals surface area (Å²) in [6, 6.07) is 15.8. The van der Waals surface area contributed by atoms with Gasteiger partial charge in [-0.15, -0.1) is 0 Å². The maximum atomic E-state index is 12.1. The first-order chi connectivity index (χ1) is 10.6. The van der Waals surface area contributed by atoms with Crippen molar-refractivity contribution in [2.45, 2.75) is 19.9 Å². The topological polar surface area (TPSA) is 29.5 Å². The third-order valence-corrected chi connectivity index (χ3v) is 3.98. The highest BCUT2D eigenvalue weighted by Gasteiger charge is 2.10. The van der Waals surface area contributed by atoms with Gasteiger partial charge < -0.3 is 9.64 Å². The van der Waals surface area contributed by atoms with Crippen LogP contribution in [0, 0.1) is 0 Å². The third kappa shape index (κ3) is 4.88. The average molecular weight is 362 g/mol. The maximum Gasteiger partial charge on any atom is 0.260 e. The van der Waals surface area contributed by atoms with Gasteiger partial charge in [0.2, 0.25) is 0 Å². The van der Waals surface area contributed by atoms with Gasteiger partial charge in [-0.25, -0.2) is 0 Å². The zero-order chi connectivity index (χ0) is 15.9. The van der Waals surface area contributed by atoms with E-state index < -0.39 is 0 Å². The Labute approximate surface area is 140 Å². The molecule has 0 saturated carbocycles. The van der Waals surface area contributed by atoms with Crippen LogP contribution in [0.3, 0.4) is 0 Å². The minimum Gasteiger partial charge on any atom is -0.484 e. The normalized spacial score (nSPS) is 10.3. The molecule has 0 radical (unpaired) electrons. The quantitative estimate of drug-likeness (QED) is 0.776. The molecule has 0 aromatic heterocycles. The fraction of sp³-hybridized carbons (Fsp3) is 0.278. The van der Waals surface area contributed by atoms with Crippen molar-refractivity contribution >= 4 is 21.8 Å². The minimum absolute atomic E-state index is 0.0394. The molecule has 116 valence electrons. The van der Waals surface area contributed by atoms with Crippen LogP contribution in [-0.4, -0.2) is 24.5 Å². The summed E-state index contributed by atoms with van der Waals surface area (Å²) in [5.41, 5.74) is 2.34. The van der Waals surface area contributed by atoms with Crippen LogP contribution in [0.15, 0.2) is 53.0 Å². The molecule has 0 aliphatic carbocycles. The van der Waals surface area contributed by atoms with Gasteiger partial charge in [-0.3, -0.25) is 4.79 Å². The molecule has 0 bridgehead atoms. The van der Waals surface area contributed by atoms with Gasteiger partial charge in [-0.05, 0) is 41.8 Å². The van der Waals surface area contributed by atoms with E-state index in [0.717, 1.165) is 22.2 Å². The fourth-order valence-corrected chi connectivity index (χ4v) is 2.29. The van der Waals surface area contributed by atoms with Gasteiger partial charge in [0.15, 0.2) is 6.61 Å². The summed E-state index contributed by atoms with van der Waals surface area (Å²) in [6.07, 6.45) is 0.995. The van der Waals surface area contributed by atoms with E-state index in [0.29, 0.717) is 6.54 Å². The van der Waals surface area contributed by atoms with Crippen molar-refractivity contribution in [3.05, 3.63) is 64.1 Å². The molecule has 3 nitrogen and oxygen atoms in total. The monoisotopic (exact) mass is 361 g/mol. The Morgan fingerprint density at radius 3 is 2.23 bits per heavy atom. The summed E-state index contributed by atoms with van der Waals surface area (Å²) in [6.45, 7) is 2.74. The van der Waals surface area contributed by atoms with Gasteiger partial charge in [-0.1, -0.05) is 47.1 Å². The molecule has 0 spiro atoms. The molecule has 22 heavy (non-hydrogen) atoms. The molecular formula is C18H20BrNO2. The first-order valence-electron chi connectivity index (χ1n) is 7.28. The SMILES string of the molecule is CCc1ccc(OCC(=O)N(C)Cc2ccc(Br)cc2)cc1. The lowest BCUT2D eigenvalue weighted by Gasteiger charge is -2.17. The second-order valence-electron chi connectivity index (χ2n) is 5.16. The van der Waals surface area contributed by atoms with E-state index >= 15 is 0 Å². The molecular weight excluding hydrogens is 342 g/mol. The number of benzene rings is 2. The minimum atomic E-state index is -0.0394. The van der Waals surface area contributed by atoms with Gasteiger partial charge in [0.25, 0.3) is 5.91 Å². The number of likely N-dealkylation sites (N-methyl/N-ethyl adjacent to an activating group) is 1. The fourth-order valence-electron chi connectivity index (χ4n) is 2.03. The zero-order valence-electron chi connectivity index (χ0n) is 12.9. The average Bonchev–Trinajstić information content (AvgIpc) is 2.55. The Hall–Kier alpha value is -1.81. The zero-order valence-corrected chi connectivity index (χ0v) is 14.5. The van der Waals surface area contributed by atoms with Gasteiger partial charge >= 0.3 is 0 Å². The number of nitrogens with zero attached hydrogens (tertiary/aromatic N) is 1.